The molecule has 158 valence electrons. The number of aromatic nitrogens is 2. The molecular weight excluding hydrogens is 378 g/mol. The monoisotopic (exact) mass is 407 g/mol. The molecule has 1 aromatic heterocycles. The molecule has 2 fully saturated rings. The van der Waals surface area contributed by atoms with Gasteiger partial charge in [-0.3, -0.25) is 9.58 Å². The Hall–Kier alpha value is -2.57. The second kappa shape index (κ2) is 7.93. The molecule has 5 rings (SSSR count). The Balaban J connectivity index is 1.25. The number of likely N-dealkylation sites (tertiary alicyclic amines) is 1. The summed E-state index contributed by atoms with van der Waals surface area (Å²) in [6.45, 7) is 3.02. The average Bonchev–Trinajstić information content (AvgIpc) is 3.31. The van der Waals surface area contributed by atoms with Crippen molar-refractivity contribution in [1.29, 1.82) is 0 Å². The number of ether oxygens (including phenoxy) is 2. The molecule has 6 heteroatoms. The zero-order valence-electron chi connectivity index (χ0n) is 17.6. The number of methoxy groups -OCH3 is 1. The maximum atomic E-state index is 10.7. The van der Waals surface area contributed by atoms with Crippen LogP contribution in [0.5, 0.6) is 11.5 Å². The van der Waals surface area contributed by atoms with Gasteiger partial charge < -0.3 is 14.6 Å². The molecule has 6 nitrogen and oxygen atoms in total. The zero-order valence-corrected chi connectivity index (χ0v) is 17.6. The molecule has 0 radical (unpaired) electrons. The number of hydrogen-bond acceptors (Lipinski definition) is 5. The Bertz CT molecular complexity index is 1030. The molecule has 30 heavy (non-hydrogen) atoms. The minimum absolute atomic E-state index is 0.186. The fourth-order valence-corrected chi connectivity index (χ4v) is 5.19. The van der Waals surface area contributed by atoms with Crippen LogP contribution in [0, 0.1) is 11.8 Å². The van der Waals surface area contributed by atoms with E-state index in [1.807, 2.05) is 42.2 Å². The molecule has 2 aliphatic rings. The average molecular weight is 408 g/mol. The summed E-state index contributed by atoms with van der Waals surface area (Å²) in [7, 11) is 3.62. The van der Waals surface area contributed by atoms with Crippen molar-refractivity contribution in [3.05, 3.63) is 54.2 Å². The highest BCUT2D eigenvalue weighted by Crippen LogP contribution is 2.39. The third-order valence-electron chi connectivity index (χ3n) is 6.72. The Morgan fingerprint density at radius 1 is 1.07 bits per heavy atom. The molecule has 1 aliphatic heterocycles. The summed E-state index contributed by atoms with van der Waals surface area (Å²) >= 11 is 0. The van der Waals surface area contributed by atoms with E-state index in [9.17, 15) is 5.11 Å². The lowest BCUT2D eigenvalue weighted by molar-refractivity contribution is -0.0240. The van der Waals surface area contributed by atoms with E-state index in [4.69, 9.17) is 9.47 Å². The minimum atomic E-state index is -0.442. The van der Waals surface area contributed by atoms with Gasteiger partial charge in [-0.1, -0.05) is 18.2 Å². The Morgan fingerprint density at radius 2 is 1.83 bits per heavy atom. The van der Waals surface area contributed by atoms with E-state index in [-0.39, 0.29) is 6.10 Å². The van der Waals surface area contributed by atoms with E-state index in [1.54, 1.807) is 7.11 Å². The number of benzene rings is 2. The summed E-state index contributed by atoms with van der Waals surface area (Å²) in [4.78, 5) is 2.52. The van der Waals surface area contributed by atoms with E-state index < -0.39 is 6.10 Å². The quantitative estimate of drug-likeness (QED) is 0.704. The first-order chi connectivity index (χ1) is 14.6. The third-order valence-corrected chi connectivity index (χ3v) is 6.72. The molecule has 0 spiro atoms. The van der Waals surface area contributed by atoms with Crippen LogP contribution in [0.3, 0.4) is 0 Å². The molecule has 0 bridgehead atoms. The predicted molar refractivity (Wildman–Crippen MR) is 116 cm³/mol. The summed E-state index contributed by atoms with van der Waals surface area (Å²) in [5.74, 6) is 2.50. The van der Waals surface area contributed by atoms with E-state index in [1.165, 1.54) is 10.9 Å². The van der Waals surface area contributed by atoms with Crippen molar-refractivity contribution in [3.8, 4) is 11.5 Å². The highest BCUT2D eigenvalue weighted by Gasteiger charge is 2.42. The number of nitrogens with zero attached hydrogens (tertiary/aromatic N) is 3. The van der Waals surface area contributed by atoms with Crippen LogP contribution in [0.15, 0.2) is 48.7 Å². The molecule has 1 saturated carbocycles. The van der Waals surface area contributed by atoms with Crippen molar-refractivity contribution in [1.82, 2.24) is 14.7 Å². The number of rotatable bonds is 5. The van der Waals surface area contributed by atoms with Crippen molar-refractivity contribution in [2.45, 2.75) is 31.6 Å². The van der Waals surface area contributed by atoms with Gasteiger partial charge >= 0.3 is 0 Å². The lowest BCUT2D eigenvalue weighted by atomic mass is 9.78. The van der Waals surface area contributed by atoms with Crippen molar-refractivity contribution < 1.29 is 14.6 Å². The van der Waals surface area contributed by atoms with Gasteiger partial charge in [0.05, 0.1) is 24.9 Å². The second-order valence-electron chi connectivity index (χ2n) is 8.72. The van der Waals surface area contributed by atoms with Crippen LogP contribution in [-0.2, 0) is 13.6 Å². The van der Waals surface area contributed by atoms with Gasteiger partial charge in [-0.25, -0.2) is 0 Å². The lowest BCUT2D eigenvalue weighted by Gasteiger charge is -2.35. The van der Waals surface area contributed by atoms with Crippen molar-refractivity contribution >= 4 is 10.9 Å². The number of hydrogen-bond donors (Lipinski definition) is 1. The van der Waals surface area contributed by atoms with Crippen LogP contribution >= 0.6 is 0 Å². The molecule has 1 saturated heterocycles. The lowest BCUT2D eigenvalue weighted by Crippen LogP contribution is -2.42. The Morgan fingerprint density at radius 3 is 2.63 bits per heavy atom. The van der Waals surface area contributed by atoms with Gasteiger partial charge in [0.15, 0.2) is 11.5 Å². The summed E-state index contributed by atoms with van der Waals surface area (Å²) in [5.41, 5.74) is 2.48. The van der Waals surface area contributed by atoms with Crippen LogP contribution in [-0.4, -0.2) is 52.2 Å². The number of para-hydroxylation sites is 2. The van der Waals surface area contributed by atoms with Gasteiger partial charge in [-0.15, -0.1) is 0 Å². The fraction of sp³-hybridized carbons (Fsp3) is 0.458. The molecule has 2 aromatic carbocycles. The standard InChI is InChI=1S/C24H29N3O3/c1-26-20-8-7-16(9-17(20)12-25-26)13-27-14-18-10-21(28)24(11-19(18)15-27)30-23-6-4-3-5-22(23)29-2/h3-9,12,18-19,21,24,28H,10-11,13-15H2,1-2H3/t18-,19+,21+,24+/m0/s1. The van der Waals surface area contributed by atoms with Crippen LogP contribution in [0.1, 0.15) is 18.4 Å². The normalized spacial score (nSPS) is 26.6. The fourth-order valence-electron chi connectivity index (χ4n) is 5.19. The van der Waals surface area contributed by atoms with Crippen molar-refractivity contribution in [3.63, 3.8) is 0 Å². The summed E-state index contributed by atoms with van der Waals surface area (Å²) in [5, 5.41) is 16.3. The van der Waals surface area contributed by atoms with E-state index >= 15 is 0 Å². The van der Waals surface area contributed by atoms with Crippen molar-refractivity contribution in [2.24, 2.45) is 18.9 Å². The van der Waals surface area contributed by atoms with Gasteiger partial charge in [0.25, 0.3) is 0 Å². The highest BCUT2D eigenvalue weighted by atomic mass is 16.5. The maximum Gasteiger partial charge on any atom is 0.161 e. The van der Waals surface area contributed by atoms with Gasteiger partial charge in [0.2, 0.25) is 0 Å². The maximum absolute atomic E-state index is 10.7. The SMILES string of the molecule is COc1ccccc1O[C@@H]1C[C@@H]2CN(Cc3ccc4c(cnn4C)c3)C[C@@H]2C[C@H]1O. The first kappa shape index (κ1) is 19.4. The molecule has 0 unspecified atom stereocenters. The number of aliphatic hydroxyl groups excluding tert-OH is 1. The van der Waals surface area contributed by atoms with E-state index in [2.05, 4.69) is 28.2 Å². The summed E-state index contributed by atoms with van der Waals surface area (Å²) < 4.78 is 13.5. The van der Waals surface area contributed by atoms with Crippen molar-refractivity contribution in [2.75, 3.05) is 20.2 Å². The Labute approximate surface area is 177 Å². The minimum Gasteiger partial charge on any atom is -0.493 e. The molecule has 1 aliphatic carbocycles. The smallest absolute Gasteiger partial charge is 0.161 e. The third kappa shape index (κ3) is 3.66. The number of fused-ring (bicyclic) bond motifs is 2. The molecule has 1 N–H and O–H groups in total. The molecule has 4 atom stereocenters. The summed E-state index contributed by atoms with van der Waals surface area (Å²) in [6.07, 6.45) is 2.97. The molecule has 2 heterocycles. The first-order valence-electron chi connectivity index (χ1n) is 10.7. The Kier molecular flexibility index (Phi) is 5.13. The second-order valence-corrected chi connectivity index (χ2v) is 8.72. The zero-order chi connectivity index (χ0) is 20.7. The largest absolute Gasteiger partial charge is 0.493 e. The molecular formula is C24H29N3O3. The topological polar surface area (TPSA) is 59.8 Å². The van der Waals surface area contributed by atoms with E-state index in [0.29, 0.717) is 23.3 Å². The van der Waals surface area contributed by atoms with E-state index in [0.717, 1.165) is 38.0 Å². The van der Waals surface area contributed by atoms with Gasteiger partial charge in [0.1, 0.15) is 6.10 Å². The van der Waals surface area contributed by atoms with Crippen LogP contribution in [0.2, 0.25) is 0 Å². The highest BCUT2D eigenvalue weighted by molar-refractivity contribution is 5.79. The predicted octanol–water partition coefficient (Wildman–Crippen LogP) is 3.23. The number of aliphatic hydroxyl groups is 1. The molecule has 0 amide bonds. The van der Waals surface area contributed by atoms with Crippen LogP contribution in [0.4, 0.5) is 0 Å². The summed E-state index contributed by atoms with van der Waals surface area (Å²) in [6, 6.07) is 14.3. The van der Waals surface area contributed by atoms with Crippen LogP contribution in [0.25, 0.3) is 10.9 Å². The first-order valence-corrected chi connectivity index (χ1v) is 10.7. The van der Waals surface area contributed by atoms with Gasteiger partial charge in [-0.2, -0.15) is 5.10 Å². The van der Waals surface area contributed by atoms with Crippen LogP contribution < -0.4 is 9.47 Å². The molecule has 3 aromatic rings. The van der Waals surface area contributed by atoms with Gasteiger partial charge in [0, 0.05) is 32.1 Å². The van der Waals surface area contributed by atoms with Gasteiger partial charge in [-0.05, 0) is 54.5 Å². The number of aryl methyl sites for hydroxylation is 1.